The Hall–Kier alpha value is -2.54. The number of hydrogen-bond donors (Lipinski definition) is 1. The van der Waals surface area contributed by atoms with Crippen LogP contribution in [0.15, 0.2) is 53.9 Å². The van der Waals surface area contributed by atoms with Gasteiger partial charge in [-0.3, -0.25) is 4.79 Å². The standard InChI is InChI=1S/C20H15Cl2NO4S/c1-26-20(25)16-10-13(27-11-14-3-2-8-28-14)5-7-18(16)23-19(24)15-6-4-12(21)9-17(15)22/h2-10H,11H2,1H3,(H,23,24). The van der Waals surface area contributed by atoms with E-state index in [1.807, 2.05) is 17.5 Å². The highest BCUT2D eigenvalue weighted by Gasteiger charge is 2.18. The van der Waals surface area contributed by atoms with Crippen molar-refractivity contribution in [3.8, 4) is 5.75 Å². The van der Waals surface area contributed by atoms with E-state index in [1.165, 1.54) is 25.3 Å². The topological polar surface area (TPSA) is 64.6 Å². The van der Waals surface area contributed by atoms with Gasteiger partial charge in [-0.05, 0) is 47.8 Å². The highest BCUT2D eigenvalue weighted by atomic mass is 35.5. The van der Waals surface area contributed by atoms with E-state index in [4.69, 9.17) is 32.7 Å². The van der Waals surface area contributed by atoms with Crippen LogP contribution in [0.4, 0.5) is 5.69 Å². The number of thiophene rings is 1. The number of carbonyl (C=O) groups excluding carboxylic acids is 2. The van der Waals surface area contributed by atoms with Crippen molar-refractivity contribution < 1.29 is 19.1 Å². The second kappa shape index (κ2) is 9.10. The lowest BCUT2D eigenvalue weighted by atomic mass is 10.1. The van der Waals surface area contributed by atoms with Gasteiger partial charge in [0.05, 0.1) is 28.9 Å². The fourth-order valence-corrected chi connectivity index (χ4v) is 3.52. The summed E-state index contributed by atoms with van der Waals surface area (Å²) in [5.41, 5.74) is 0.691. The monoisotopic (exact) mass is 435 g/mol. The molecule has 0 bridgehead atoms. The normalized spacial score (nSPS) is 10.4. The van der Waals surface area contributed by atoms with E-state index >= 15 is 0 Å². The average molecular weight is 436 g/mol. The summed E-state index contributed by atoms with van der Waals surface area (Å²) in [6, 6.07) is 13.2. The number of esters is 1. The molecule has 0 aliphatic rings. The molecule has 1 amide bonds. The van der Waals surface area contributed by atoms with Crippen LogP contribution in [0.1, 0.15) is 25.6 Å². The molecule has 5 nitrogen and oxygen atoms in total. The summed E-state index contributed by atoms with van der Waals surface area (Å²) >= 11 is 13.5. The first-order valence-electron chi connectivity index (χ1n) is 8.12. The summed E-state index contributed by atoms with van der Waals surface area (Å²) in [6.07, 6.45) is 0. The van der Waals surface area contributed by atoms with E-state index in [-0.39, 0.29) is 21.8 Å². The van der Waals surface area contributed by atoms with Gasteiger partial charge >= 0.3 is 5.97 Å². The van der Waals surface area contributed by atoms with Crippen molar-refractivity contribution in [1.82, 2.24) is 0 Å². The Balaban J connectivity index is 1.82. The largest absolute Gasteiger partial charge is 0.488 e. The van der Waals surface area contributed by atoms with Gasteiger partial charge in [0, 0.05) is 9.90 Å². The number of halogens is 2. The molecule has 0 fully saturated rings. The van der Waals surface area contributed by atoms with Gasteiger partial charge in [-0.2, -0.15) is 0 Å². The van der Waals surface area contributed by atoms with E-state index < -0.39 is 11.9 Å². The molecule has 0 radical (unpaired) electrons. The van der Waals surface area contributed by atoms with Crippen LogP contribution in [0.3, 0.4) is 0 Å². The molecule has 144 valence electrons. The maximum Gasteiger partial charge on any atom is 0.340 e. The number of ether oxygens (including phenoxy) is 2. The summed E-state index contributed by atoms with van der Waals surface area (Å²) in [5, 5.41) is 5.27. The summed E-state index contributed by atoms with van der Waals surface area (Å²) in [4.78, 5) is 25.8. The molecule has 3 rings (SSSR count). The molecule has 0 spiro atoms. The molecule has 1 aromatic heterocycles. The number of nitrogens with one attached hydrogen (secondary N) is 1. The van der Waals surface area contributed by atoms with E-state index in [9.17, 15) is 9.59 Å². The maximum atomic E-state index is 12.6. The van der Waals surface area contributed by atoms with Crippen LogP contribution in [0.5, 0.6) is 5.75 Å². The lowest BCUT2D eigenvalue weighted by molar-refractivity contribution is 0.0601. The zero-order valence-electron chi connectivity index (χ0n) is 14.7. The number of methoxy groups -OCH3 is 1. The number of amides is 1. The molecule has 3 aromatic rings. The summed E-state index contributed by atoms with van der Waals surface area (Å²) < 4.78 is 10.5. The molecule has 2 aromatic carbocycles. The van der Waals surface area contributed by atoms with Crippen molar-refractivity contribution in [1.29, 1.82) is 0 Å². The van der Waals surface area contributed by atoms with Crippen molar-refractivity contribution in [2.24, 2.45) is 0 Å². The number of benzene rings is 2. The Morgan fingerprint density at radius 1 is 1.07 bits per heavy atom. The minimum absolute atomic E-state index is 0.171. The molecule has 0 saturated heterocycles. The second-order valence-electron chi connectivity index (χ2n) is 5.65. The highest BCUT2D eigenvalue weighted by molar-refractivity contribution is 7.09. The van der Waals surface area contributed by atoms with Gasteiger partial charge in [-0.15, -0.1) is 11.3 Å². The lowest BCUT2D eigenvalue weighted by Gasteiger charge is -2.13. The van der Waals surface area contributed by atoms with Gasteiger partial charge in [-0.1, -0.05) is 29.3 Å². The first-order chi connectivity index (χ1) is 13.5. The lowest BCUT2D eigenvalue weighted by Crippen LogP contribution is -2.16. The minimum atomic E-state index is -0.598. The Labute approximate surface area is 175 Å². The van der Waals surface area contributed by atoms with Crippen molar-refractivity contribution in [2.75, 3.05) is 12.4 Å². The third-order valence-electron chi connectivity index (χ3n) is 3.78. The fourth-order valence-electron chi connectivity index (χ4n) is 2.41. The van der Waals surface area contributed by atoms with Crippen molar-refractivity contribution in [3.63, 3.8) is 0 Å². The molecule has 0 aliphatic carbocycles. The summed E-state index contributed by atoms with van der Waals surface area (Å²) in [7, 11) is 1.27. The number of anilines is 1. The Morgan fingerprint density at radius 2 is 1.89 bits per heavy atom. The van der Waals surface area contributed by atoms with Gasteiger partial charge in [-0.25, -0.2) is 4.79 Å². The Morgan fingerprint density at radius 3 is 2.57 bits per heavy atom. The van der Waals surface area contributed by atoms with E-state index in [1.54, 1.807) is 29.5 Å². The molecule has 0 unspecified atom stereocenters. The third-order valence-corrected chi connectivity index (χ3v) is 5.18. The highest BCUT2D eigenvalue weighted by Crippen LogP contribution is 2.27. The van der Waals surface area contributed by atoms with Crippen LogP contribution in [0, 0.1) is 0 Å². The smallest absolute Gasteiger partial charge is 0.340 e. The molecule has 0 aliphatic heterocycles. The van der Waals surface area contributed by atoms with Gasteiger partial charge in [0.15, 0.2) is 0 Å². The third kappa shape index (κ3) is 4.84. The predicted octanol–water partition coefficient (Wildman–Crippen LogP) is 5.67. The first-order valence-corrected chi connectivity index (χ1v) is 9.75. The second-order valence-corrected chi connectivity index (χ2v) is 7.52. The number of rotatable bonds is 6. The van der Waals surface area contributed by atoms with E-state index in [2.05, 4.69) is 5.32 Å². The maximum absolute atomic E-state index is 12.6. The molecule has 1 heterocycles. The molecule has 8 heteroatoms. The summed E-state index contributed by atoms with van der Waals surface area (Å²) in [5.74, 6) is -0.588. The van der Waals surface area contributed by atoms with E-state index in [0.29, 0.717) is 17.4 Å². The van der Waals surface area contributed by atoms with Crippen LogP contribution < -0.4 is 10.1 Å². The number of carbonyl (C=O) groups is 2. The Bertz CT molecular complexity index is 1010. The molecular formula is C20H15Cl2NO4S. The van der Waals surface area contributed by atoms with Gasteiger partial charge in [0.1, 0.15) is 12.4 Å². The van der Waals surface area contributed by atoms with Gasteiger partial charge in [0.25, 0.3) is 5.91 Å². The molecule has 28 heavy (non-hydrogen) atoms. The SMILES string of the molecule is COC(=O)c1cc(OCc2cccs2)ccc1NC(=O)c1ccc(Cl)cc1Cl. The fraction of sp³-hybridized carbons (Fsp3) is 0.100. The van der Waals surface area contributed by atoms with Crippen LogP contribution in [0.2, 0.25) is 10.0 Å². The van der Waals surface area contributed by atoms with E-state index in [0.717, 1.165) is 4.88 Å². The van der Waals surface area contributed by atoms with Crippen molar-refractivity contribution in [3.05, 3.63) is 80.0 Å². The zero-order chi connectivity index (χ0) is 20.1. The van der Waals surface area contributed by atoms with Crippen LogP contribution in [0.25, 0.3) is 0 Å². The predicted molar refractivity (Wildman–Crippen MR) is 111 cm³/mol. The zero-order valence-corrected chi connectivity index (χ0v) is 17.0. The molecule has 1 N–H and O–H groups in total. The number of hydrogen-bond acceptors (Lipinski definition) is 5. The minimum Gasteiger partial charge on any atom is -0.488 e. The van der Waals surface area contributed by atoms with Crippen LogP contribution >= 0.6 is 34.5 Å². The Kier molecular flexibility index (Phi) is 6.57. The summed E-state index contributed by atoms with van der Waals surface area (Å²) in [6.45, 7) is 0.379. The molecular weight excluding hydrogens is 421 g/mol. The molecule has 0 saturated carbocycles. The average Bonchev–Trinajstić information content (AvgIpc) is 3.20. The van der Waals surface area contributed by atoms with Gasteiger partial charge in [0.2, 0.25) is 0 Å². The molecule has 0 atom stereocenters. The van der Waals surface area contributed by atoms with Gasteiger partial charge < -0.3 is 14.8 Å². The first kappa shape index (κ1) is 20.2. The van der Waals surface area contributed by atoms with Crippen molar-refractivity contribution in [2.45, 2.75) is 6.61 Å². The van der Waals surface area contributed by atoms with Crippen molar-refractivity contribution >= 4 is 52.1 Å². The van der Waals surface area contributed by atoms with Crippen LogP contribution in [-0.4, -0.2) is 19.0 Å². The quantitative estimate of drug-likeness (QED) is 0.506. The van der Waals surface area contributed by atoms with Crippen LogP contribution in [-0.2, 0) is 11.3 Å².